The quantitative estimate of drug-likeness (QED) is 0.632. The molecule has 9 heteroatoms. The molecule has 1 amide bonds. The molecule has 152 valence electrons. The molecule has 2 saturated carbocycles. The van der Waals surface area contributed by atoms with Crippen molar-refractivity contribution >= 4 is 11.4 Å². The van der Waals surface area contributed by atoms with Crippen LogP contribution in [0.4, 0.5) is 0 Å². The molecule has 0 unspecified atom stereocenters. The van der Waals surface area contributed by atoms with Crippen LogP contribution in [0.2, 0.25) is 0 Å². The summed E-state index contributed by atoms with van der Waals surface area (Å²) in [6, 6.07) is 1.78. The van der Waals surface area contributed by atoms with Crippen LogP contribution in [0.5, 0.6) is 0 Å². The molecule has 2 heterocycles. The first kappa shape index (κ1) is 19.1. The van der Waals surface area contributed by atoms with Gasteiger partial charge in [0.15, 0.2) is 5.82 Å². The van der Waals surface area contributed by atoms with Gasteiger partial charge in [0, 0.05) is 32.1 Å². The molecule has 2 aliphatic rings. The predicted molar refractivity (Wildman–Crippen MR) is 101 cm³/mol. The van der Waals surface area contributed by atoms with Gasteiger partial charge in [0.2, 0.25) is 5.91 Å². The van der Waals surface area contributed by atoms with Crippen molar-refractivity contribution in [1.82, 2.24) is 24.7 Å². The molecule has 0 aliphatic heterocycles. The summed E-state index contributed by atoms with van der Waals surface area (Å²) in [5, 5.41) is 21.7. The molecular formula is C19H27N5O4. The fraction of sp³-hybridized carbons (Fsp3) is 0.684. The number of nitrogens with zero attached hydrogens (tertiary/aromatic N) is 4. The smallest absolute Gasteiger partial charge is 0.293 e. The van der Waals surface area contributed by atoms with Gasteiger partial charge >= 0.3 is 0 Å². The molecule has 2 N–H and O–H groups in total. The number of nitrogens with one attached hydrogen (secondary N) is 1. The molecule has 2 aromatic rings. The van der Waals surface area contributed by atoms with Gasteiger partial charge in [0.25, 0.3) is 5.56 Å². The van der Waals surface area contributed by atoms with Crippen molar-refractivity contribution in [3.05, 3.63) is 27.9 Å². The van der Waals surface area contributed by atoms with E-state index in [0.29, 0.717) is 43.1 Å². The Morgan fingerprint density at radius 1 is 1.39 bits per heavy atom. The normalized spacial score (nSPS) is 24.3. The lowest BCUT2D eigenvalue weighted by molar-refractivity contribution is -0.125. The third-order valence-electron chi connectivity index (χ3n) is 5.44. The fourth-order valence-electron chi connectivity index (χ4n) is 3.84. The Morgan fingerprint density at radius 3 is 2.79 bits per heavy atom. The van der Waals surface area contributed by atoms with Gasteiger partial charge in [-0.05, 0) is 45.1 Å². The highest BCUT2D eigenvalue weighted by molar-refractivity contribution is 5.76. The second kappa shape index (κ2) is 7.29. The van der Waals surface area contributed by atoms with Crippen LogP contribution in [-0.2, 0) is 22.5 Å². The summed E-state index contributed by atoms with van der Waals surface area (Å²) in [5.74, 6) is 0.802. The van der Waals surface area contributed by atoms with E-state index in [9.17, 15) is 14.7 Å². The molecule has 9 nitrogen and oxygen atoms in total. The number of aromatic nitrogens is 4. The Bertz CT molecular complexity index is 936. The van der Waals surface area contributed by atoms with Crippen molar-refractivity contribution in [2.24, 2.45) is 0 Å². The van der Waals surface area contributed by atoms with Crippen LogP contribution in [0.3, 0.4) is 0 Å². The lowest BCUT2D eigenvalue weighted by Crippen LogP contribution is -2.54. The summed E-state index contributed by atoms with van der Waals surface area (Å²) in [6.07, 6.45) is 4.59. The Morgan fingerprint density at radius 2 is 2.14 bits per heavy atom. The third kappa shape index (κ3) is 3.95. The zero-order valence-electron chi connectivity index (χ0n) is 16.3. The minimum Gasteiger partial charge on any atom is -0.390 e. The van der Waals surface area contributed by atoms with Crippen LogP contribution >= 0.6 is 0 Å². The SMILES string of the molecule is COCCCc1nn(CC(=O)N[C@H]2C[C@@](C)(O)C2)c(=O)c2cc(C3CC3)nn12. The standard InChI is InChI=1S/C19H27N5O4/c1-19(27)9-13(10-19)20-17(25)11-23-18(26)15-8-14(12-5-6-12)21-24(15)16(22-23)4-3-7-28-2/h8,12-13,27H,3-7,9-11H2,1-2H3,(H,20,25)/t13-,19+. The first-order valence-electron chi connectivity index (χ1n) is 9.86. The number of methoxy groups -OCH3 is 1. The van der Waals surface area contributed by atoms with Gasteiger partial charge in [-0.25, -0.2) is 9.20 Å². The fourth-order valence-corrected chi connectivity index (χ4v) is 3.84. The summed E-state index contributed by atoms with van der Waals surface area (Å²) in [4.78, 5) is 25.2. The zero-order valence-corrected chi connectivity index (χ0v) is 16.3. The van der Waals surface area contributed by atoms with Crippen molar-refractivity contribution < 1.29 is 14.6 Å². The maximum absolute atomic E-state index is 12.9. The van der Waals surface area contributed by atoms with Gasteiger partial charge in [0.1, 0.15) is 12.1 Å². The molecule has 2 aromatic heterocycles. The summed E-state index contributed by atoms with van der Waals surface area (Å²) in [5.41, 5.74) is 0.359. The number of aryl methyl sites for hydroxylation is 1. The number of hydrogen-bond acceptors (Lipinski definition) is 6. The van der Waals surface area contributed by atoms with E-state index < -0.39 is 5.60 Å². The number of aliphatic hydroxyl groups is 1. The minimum absolute atomic E-state index is 0.0560. The van der Waals surface area contributed by atoms with Gasteiger partial charge < -0.3 is 15.2 Å². The van der Waals surface area contributed by atoms with E-state index in [0.717, 1.165) is 25.0 Å². The van der Waals surface area contributed by atoms with E-state index in [-0.39, 0.29) is 24.1 Å². The molecule has 0 atom stereocenters. The Kier molecular flexibility index (Phi) is 4.96. The average molecular weight is 389 g/mol. The molecule has 0 saturated heterocycles. The first-order valence-corrected chi connectivity index (χ1v) is 9.86. The van der Waals surface area contributed by atoms with Crippen LogP contribution < -0.4 is 10.9 Å². The Labute approximate surface area is 162 Å². The number of carbonyl (C=O) groups is 1. The van der Waals surface area contributed by atoms with Crippen LogP contribution in [0.1, 0.15) is 56.5 Å². The van der Waals surface area contributed by atoms with Gasteiger partial charge in [-0.15, -0.1) is 0 Å². The topological polar surface area (TPSA) is 111 Å². The zero-order chi connectivity index (χ0) is 19.9. The number of fused-ring (bicyclic) bond motifs is 1. The van der Waals surface area contributed by atoms with Crippen molar-refractivity contribution in [1.29, 1.82) is 0 Å². The first-order chi connectivity index (χ1) is 13.4. The third-order valence-corrected chi connectivity index (χ3v) is 5.44. The molecule has 28 heavy (non-hydrogen) atoms. The van der Waals surface area contributed by atoms with E-state index >= 15 is 0 Å². The lowest BCUT2D eigenvalue weighted by atomic mass is 9.77. The van der Waals surface area contributed by atoms with Crippen molar-refractivity contribution in [3.8, 4) is 0 Å². The highest BCUT2D eigenvalue weighted by atomic mass is 16.5. The summed E-state index contributed by atoms with van der Waals surface area (Å²) < 4.78 is 7.97. The van der Waals surface area contributed by atoms with Crippen LogP contribution in [0, 0.1) is 0 Å². The van der Waals surface area contributed by atoms with E-state index in [1.807, 2.05) is 6.07 Å². The number of amides is 1. The predicted octanol–water partition coefficient (Wildman–Crippen LogP) is 0.377. The largest absolute Gasteiger partial charge is 0.390 e. The van der Waals surface area contributed by atoms with Gasteiger partial charge in [-0.3, -0.25) is 9.59 Å². The number of ether oxygens (including phenoxy) is 1. The summed E-state index contributed by atoms with van der Waals surface area (Å²) >= 11 is 0. The van der Waals surface area contributed by atoms with Crippen molar-refractivity contribution in [2.45, 2.75) is 69.6 Å². The monoisotopic (exact) mass is 389 g/mol. The van der Waals surface area contributed by atoms with E-state index in [4.69, 9.17) is 4.74 Å². The van der Waals surface area contributed by atoms with Crippen molar-refractivity contribution in [2.75, 3.05) is 13.7 Å². The van der Waals surface area contributed by atoms with Crippen LogP contribution in [-0.4, -0.2) is 55.8 Å². The maximum atomic E-state index is 12.9. The second-order valence-electron chi connectivity index (χ2n) is 8.29. The van der Waals surface area contributed by atoms with Crippen LogP contribution in [0.25, 0.3) is 5.52 Å². The maximum Gasteiger partial charge on any atom is 0.293 e. The van der Waals surface area contributed by atoms with Gasteiger partial charge in [0.05, 0.1) is 11.3 Å². The van der Waals surface area contributed by atoms with Gasteiger partial charge in [-0.1, -0.05) is 0 Å². The van der Waals surface area contributed by atoms with Crippen molar-refractivity contribution in [3.63, 3.8) is 0 Å². The molecule has 2 fully saturated rings. The molecule has 0 radical (unpaired) electrons. The number of rotatable bonds is 8. The molecule has 0 aromatic carbocycles. The van der Waals surface area contributed by atoms with Crippen LogP contribution in [0.15, 0.2) is 10.9 Å². The number of carbonyl (C=O) groups excluding carboxylic acids is 1. The molecule has 0 bridgehead atoms. The van der Waals surface area contributed by atoms with Gasteiger partial charge in [-0.2, -0.15) is 10.2 Å². The Hall–Kier alpha value is -2.26. The van der Waals surface area contributed by atoms with E-state index in [1.54, 1.807) is 18.5 Å². The average Bonchev–Trinajstić information content (AvgIpc) is 3.36. The second-order valence-corrected chi connectivity index (χ2v) is 8.29. The number of hydrogen-bond donors (Lipinski definition) is 2. The molecular weight excluding hydrogens is 362 g/mol. The molecule has 2 aliphatic carbocycles. The molecule has 4 rings (SSSR count). The van der Waals surface area contributed by atoms with E-state index in [1.165, 1.54) is 4.68 Å². The highest BCUT2D eigenvalue weighted by Crippen LogP contribution is 2.39. The summed E-state index contributed by atoms with van der Waals surface area (Å²) in [6.45, 7) is 2.19. The minimum atomic E-state index is -0.711. The lowest BCUT2D eigenvalue weighted by Gasteiger charge is -2.41. The summed E-state index contributed by atoms with van der Waals surface area (Å²) in [7, 11) is 1.64. The Balaban J connectivity index is 1.57. The highest BCUT2D eigenvalue weighted by Gasteiger charge is 2.39. The molecule has 0 spiro atoms. The van der Waals surface area contributed by atoms with E-state index in [2.05, 4.69) is 15.5 Å².